The first kappa shape index (κ1) is 16.0. The van der Waals surface area contributed by atoms with Crippen molar-refractivity contribution in [1.29, 1.82) is 0 Å². The summed E-state index contributed by atoms with van der Waals surface area (Å²) in [5.74, 6) is -0.0495. The molecule has 1 unspecified atom stereocenters. The molecule has 25 heavy (non-hydrogen) atoms. The normalized spacial score (nSPS) is 34.2. The summed E-state index contributed by atoms with van der Waals surface area (Å²) in [5.41, 5.74) is 0.444. The van der Waals surface area contributed by atoms with Crippen LogP contribution in [-0.4, -0.2) is 74.8 Å². The van der Waals surface area contributed by atoms with Crippen molar-refractivity contribution in [2.24, 2.45) is 5.41 Å². The Kier molecular flexibility index (Phi) is 3.62. The summed E-state index contributed by atoms with van der Waals surface area (Å²) in [5, 5.41) is 4.30. The van der Waals surface area contributed by atoms with Crippen molar-refractivity contribution in [1.82, 2.24) is 20.2 Å². The van der Waals surface area contributed by atoms with E-state index in [1.54, 1.807) is 4.90 Å². The van der Waals surface area contributed by atoms with Gasteiger partial charge in [-0.1, -0.05) is 0 Å². The van der Waals surface area contributed by atoms with Crippen molar-refractivity contribution in [3.63, 3.8) is 0 Å². The van der Waals surface area contributed by atoms with Gasteiger partial charge in [-0.3, -0.25) is 9.69 Å². The van der Waals surface area contributed by atoms with E-state index in [0.717, 1.165) is 23.9 Å². The van der Waals surface area contributed by atoms with Crippen LogP contribution in [0.5, 0.6) is 0 Å². The minimum absolute atomic E-state index is 0.0495. The molecule has 3 heterocycles. The number of nitrogens with one attached hydrogen (secondary N) is 1. The SMILES string of the molecule is O=[SH]ON1C(=O)N2C[C@H]1CCC2C(=O)NC1CC2(C1)CN(C1CC1)C2. The predicted octanol–water partition coefficient (Wildman–Crippen LogP) is -0.210. The summed E-state index contributed by atoms with van der Waals surface area (Å²) in [6.07, 6.45) is 6.17. The van der Waals surface area contributed by atoms with E-state index in [1.165, 1.54) is 25.9 Å². The molecule has 3 saturated heterocycles. The van der Waals surface area contributed by atoms with Crippen molar-refractivity contribution in [2.45, 2.75) is 62.7 Å². The largest absolute Gasteiger partial charge is 0.352 e. The first-order valence-electron chi connectivity index (χ1n) is 9.23. The number of rotatable bonds is 5. The van der Waals surface area contributed by atoms with Crippen molar-refractivity contribution >= 4 is 23.9 Å². The number of nitrogens with zero attached hydrogens (tertiary/aromatic N) is 3. The van der Waals surface area contributed by atoms with Gasteiger partial charge in [0, 0.05) is 31.7 Å². The van der Waals surface area contributed by atoms with Crippen LogP contribution in [0.4, 0.5) is 4.79 Å². The first-order chi connectivity index (χ1) is 12.1. The zero-order chi connectivity index (χ0) is 17.2. The Morgan fingerprint density at radius 1 is 1.16 bits per heavy atom. The lowest BCUT2D eigenvalue weighted by molar-refractivity contribution is -0.132. The molecule has 5 rings (SSSR count). The lowest BCUT2D eigenvalue weighted by Crippen LogP contribution is -2.67. The van der Waals surface area contributed by atoms with E-state index < -0.39 is 18.0 Å². The van der Waals surface area contributed by atoms with Crippen LogP contribution >= 0.6 is 0 Å². The summed E-state index contributed by atoms with van der Waals surface area (Å²) in [4.78, 5) is 29.1. The van der Waals surface area contributed by atoms with Crippen LogP contribution in [-0.2, 0) is 21.0 Å². The number of carbonyl (C=O) groups is 2. The highest BCUT2D eigenvalue weighted by molar-refractivity contribution is 7.60. The fourth-order valence-electron chi connectivity index (χ4n) is 5.20. The van der Waals surface area contributed by atoms with Crippen LogP contribution in [0.3, 0.4) is 0 Å². The molecule has 0 radical (unpaired) electrons. The number of urea groups is 1. The van der Waals surface area contributed by atoms with Gasteiger partial charge in [0.25, 0.3) is 0 Å². The summed E-state index contributed by atoms with van der Waals surface area (Å²) >= 11 is -0.538. The fourth-order valence-corrected chi connectivity index (χ4v) is 5.48. The highest BCUT2D eigenvalue weighted by atomic mass is 32.2. The number of hydrogen-bond acceptors (Lipinski definition) is 5. The van der Waals surface area contributed by atoms with Gasteiger partial charge in [0.15, 0.2) is 11.9 Å². The number of thiol groups is 1. The molecule has 9 heteroatoms. The second kappa shape index (κ2) is 5.65. The molecule has 2 saturated carbocycles. The number of carbonyl (C=O) groups excluding carboxylic acids is 2. The third-order valence-corrected chi connectivity index (χ3v) is 6.83. The van der Waals surface area contributed by atoms with E-state index in [1.807, 2.05) is 0 Å². The molecular weight excluding hydrogens is 344 g/mol. The Hall–Kier alpha value is -1.19. The Morgan fingerprint density at radius 2 is 1.88 bits per heavy atom. The highest BCUT2D eigenvalue weighted by Gasteiger charge is 2.56. The zero-order valence-electron chi connectivity index (χ0n) is 14.1. The van der Waals surface area contributed by atoms with Gasteiger partial charge in [0.05, 0.1) is 6.04 Å². The van der Waals surface area contributed by atoms with E-state index in [0.29, 0.717) is 24.8 Å². The van der Waals surface area contributed by atoms with Gasteiger partial charge in [-0.2, -0.15) is 9.35 Å². The van der Waals surface area contributed by atoms with Gasteiger partial charge in [-0.25, -0.2) is 9.00 Å². The molecule has 3 aliphatic heterocycles. The minimum atomic E-state index is -0.538. The maximum Gasteiger partial charge on any atom is 0.346 e. The van der Waals surface area contributed by atoms with Crippen molar-refractivity contribution in [2.75, 3.05) is 19.6 Å². The number of amides is 3. The van der Waals surface area contributed by atoms with Crippen LogP contribution in [0.2, 0.25) is 0 Å². The van der Waals surface area contributed by atoms with Crippen LogP contribution in [0.25, 0.3) is 0 Å². The fraction of sp³-hybridized carbons (Fsp3) is 0.875. The van der Waals surface area contributed by atoms with E-state index >= 15 is 0 Å². The first-order valence-corrected chi connectivity index (χ1v) is 9.96. The van der Waals surface area contributed by atoms with E-state index in [-0.39, 0.29) is 24.0 Å². The highest BCUT2D eigenvalue weighted by Crippen LogP contribution is 2.51. The molecule has 2 aliphatic carbocycles. The average molecular weight is 368 g/mol. The number of likely N-dealkylation sites (tertiary alicyclic amines) is 1. The van der Waals surface area contributed by atoms with Gasteiger partial charge in [-0.05, 0) is 43.9 Å². The smallest absolute Gasteiger partial charge is 0.346 e. The van der Waals surface area contributed by atoms with Gasteiger partial charge in [0.1, 0.15) is 6.04 Å². The number of fused-ring (bicyclic) bond motifs is 2. The van der Waals surface area contributed by atoms with Crippen LogP contribution < -0.4 is 5.32 Å². The molecule has 3 amide bonds. The van der Waals surface area contributed by atoms with Gasteiger partial charge in [0.2, 0.25) is 5.91 Å². The quantitative estimate of drug-likeness (QED) is 0.657. The van der Waals surface area contributed by atoms with Crippen molar-refractivity contribution < 1.29 is 18.1 Å². The number of hydroxylamine groups is 2. The molecule has 1 N–H and O–H groups in total. The third kappa shape index (κ3) is 2.59. The second-order valence-corrected chi connectivity index (χ2v) is 8.73. The van der Waals surface area contributed by atoms with E-state index in [4.69, 9.17) is 4.28 Å². The molecule has 5 fully saturated rings. The second-order valence-electron chi connectivity index (χ2n) is 8.41. The average Bonchev–Trinajstić information content (AvgIpc) is 3.33. The minimum Gasteiger partial charge on any atom is -0.352 e. The van der Waals surface area contributed by atoms with Gasteiger partial charge < -0.3 is 10.2 Å². The van der Waals surface area contributed by atoms with E-state index in [2.05, 4.69) is 10.2 Å². The Labute approximate surface area is 150 Å². The molecule has 138 valence electrons. The molecule has 2 atom stereocenters. The van der Waals surface area contributed by atoms with Gasteiger partial charge in [-0.15, -0.1) is 0 Å². The maximum absolute atomic E-state index is 12.7. The summed E-state index contributed by atoms with van der Waals surface area (Å²) in [6.45, 7) is 2.86. The molecule has 2 bridgehead atoms. The standard InChI is InChI=1S/C16H24N4O4S/c21-14(13-4-3-12-7-19(13)15(22)20(12)24-25-23)17-10-5-16(6-10)8-18(9-16)11-1-2-11/h10-13,25H,1-9H2,(H,17,21)/t12-,13?/m1/s1. The molecule has 1 spiro atoms. The van der Waals surface area contributed by atoms with Gasteiger partial charge >= 0.3 is 6.03 Å². The maximum atomic E-state index is 12.7. The van der Waals surface area contributed by atoms with Crippen molar-refractivity contribution in [3.8, 4) is 0 Å². The molecule has 0 aromatic carbocycles. The number of piperidine rings is 1. The lowest BCUT2D eigenvalue weighted by atomic mass is 9.60. The summed E-state index contributed by atoms with van der Waals surface area (Å²) in [7, 11) is 0. The Balaban J connectivity index is 1.14. The topological polar surface area (TPSA) is 82.2 Å². The summed E-state index contributed by atoms with van der Waals surface area (Å²) < 4.78 is 15.5. The monoisotopic (exact) mass is 368 g/mol. The summed E-state index contributed by atoms with van der Waals surface area (Å²) in [6, 6.07) is 0.205. The molecule has 0 aromatic rings. The van der Waals surface area contributed by atoms with Crippen molar-refractivity contribution in [3.05, 3.63) is 0 Å². The molecular formula is C16H24N4O4S. The lowest BCUT2D eigenvalue weighted by Gasteiger charge is -2.59. The number of hydrogen-bond donors (Lipinski definition) is 2. The molecule has 5 aliphatic rings. The molecule has 8 nitrogen and oxygen atoms in total. The van der Waals surface area contributed by atoms with Crippen LogP contribution in [0.1, 0.15) is 38.5 Å². The Bertz CT molecular complexity index is 613. The zero-order valence-corrected chi connectivity index (χ0v) is 15.0. The van der Waals surface area contributed by atoms with Crippen LogP contribution in [0, 0.1) is 5.41 Å². The van der Waals surface area contributed by atoms with E-state index in [9.17, 15) is 13.8 Å². The Morgan fingerprint density at radius 3 is 2.56 bits per heavy atom. The molecule has 0 aromatic heterocycles. The van der Waals surface area contributed by atoms with Crippen LogP contribution in [0.15, 0.2) is 0 Å². The third-order valence-electron chi connectivity index (χ3n) is 6.59. The predicted molar refractivity (Wildman–Crippen MR) is 89.6 cm³/mol.